The van der Waals surface area contributed by atoms with Gasteiger partial charge in [-0.3, -0.25) is 9.59 Å². The van der Waals surface area contributed by atoms with Crippen molar-refractivity contribution in [1.82, 2.24) is 40.4 Å². The van der Waals surface area contributed by atoms with Gasteiger partial charge in [0.15, 0.2) is 0 Å². The number of imidazole rings is 2. The molecule has 2 fully saturated rings. The molecule has 2 saturated heterocycles. The number of aromatic amines is 2. The minimum absolute atomic E-state index is 0.127. The van der Waals surface area contributed by atoms with Crippen LogP contribution in [0, 0.1) is 23.7 Å². The van der Waals surface area contributed by atoms with Crippen molar-refractivity contribution in [3.63, 3.8) is 0 Å². The summed E-state index contributed by atoms with van der Waals surface area (Å²) in [6.45, 7) is 6.96. The molecule has 16 heteroatoms. The number of benzene rings is 2. The lowest BCUT2D eigenvalue weighted by molar-refractivity contribution is -0.137. The minimum atomic E-state index is -3.13. The summed E-state index contributed by atoms with van der Waals surface area (Å²) >= 11 is 0. The van der Waals surface area contributed by atoms with Crippen LogP contribution in [-0.4, -0.2) is 99.1 Å². The van der Waals surface area contributed by atoms with E-state index in [-0.39, 0.29) is 29.6 Å². The molecule has 2 aliphatic rings. The third-order valence-electron chi connectivity index (χ3n) is 10.4. The lowest BCUT2D eigenvalue weighted by Gasteiger charge is -2.30. The standard InChI is InChI=1S/C42H48F2N8O6/c1-24(2)34(49-40(55)57-5)38(53)51-19-7-8-32(51)36-45-21-30(47-36)28-15-11-26(12-16-28)9-10-27-13-17-29(18-14-27)31-22-46-37(48-31)33-20-42(43,44)23-52(33)39(54)35(25(3)4)50-41(56)58-6/h11-18,21-22,24-25,32-35H,7-8,19-20,23H2,1-6H3,(H,45,47)(H,46,48)(H,49,55)(H,50,56)/t32-,33-,34-,35-/m0/s1. The lowest BCUT2D eigenvalue weighted by atomic mass is 10.0. The molecule has 0 saturated carbocycles. The van der Waals surface area contributed by atoms with Crippen molar-refractivity contribution >= 4 is 24.0 Å². The first-order valence-electron chi connectivity index (χ1n) is 19.2. The van der Waals surface area contributed by atoms with Crippen molar-refractivity contribution < 1.29 is 37.4 Å². The molecule has 0 aliphatic carbocycles. The summed E-state index contributed by atoms with van der Waals surface area (Å²) in [7, 11) is 2.44. The van der Waals surface area contributed by atoms with E-state index in [1.165, 1.54) is 14.2 Å². The molecule has 4 heterocycles. The SMILES string of the molecule is COC(=O)N[C@H](C(=O)N1CCC[C@H]1c1ncc(-c2ccc(C#Cc3ccc(-c4cnc([C@@H]5CC(F)(F)CN5C(=O)[C@@H](NC(=O)OC)C(C)C)[nH]4)cc3)cc2)[nH]1)C(C)C. The van der Waals surface area contributed by atoms with Gasteiger partial charge in [-0.2, -0.15) is 0 Å². The number of aromatic nitrogens is 4. The summed E-state index contributed by atoms with van der Waals surface area (Å²) in [6, 6.07) is 12.1. The zero-order chi connectivity index (χ0) is 41.7. The van der Waals surface area contributed by atoms with E-state index in [0.29, 0.717) is 18.1 Å². The van der Waals surface area contributed by atoms with Gasteiger partial charge in [0.1, 0.15) is 23.7 Å². The molecule has 14 nitrogen and oxygen atoms in total. The number of carbonyl (C=O) groups is 4. The smallest absolute Gasteiger partial charge is 0.407 e. The van der Waals surface area contributed by atoms with Crippen molar-refractivity contribution in [3.8, 4) is 34.4 Å². The number of carbonyl (C=O) groups excluding carboxylic acids is 4. The van der Waals surface area contributed by atoms with Crippen LogP contribution in [-0.2, 0) is 19.1 Å². The molecule has 0 radical (unpaired) electrons. The molecular weight excluding hydrogens is 751 g/mol. The molecule has 0 spiro atoms. The van der Waals surface area contributed by atoms with E-state index in [4.69, 9.17) is 4.74 Å². The summed E-state index contributed by atoms with van der Waals surface area (Å²) in [5.74, 6) is 2.82. The summed E-state index contributed by atoms with van der Waals surface area (Å²) < 4.78 is 38.8. The van der Waals surface area contributed by atoms with E-state index >= 15 is 0 Å². The maximum atomic E-state index is 14.7. The zero-order valence-electron chi connectivity index (χ0n) is 33.3. The molecule has 2 aromatic carbocycles. The predicted molar refractivity (Wildman–Crippen MR) is 210 cm³/mol. The van der Waals surface area contributed by atoms with Gasteiger partial charge in [-0.05, 0) is 60.1 Å². The molecule has 2 aromatic heterocycles. The van der Waals surface area contributed by atoms with Gasteiger partial charge < -0.3 is 39.9 Å². The lowest BCUT2D eigenvalue weighted by Crippen LogP contribution is -2.51. The fourth-order valence-electron chi connectivity index (χ4n) is 7.28. The Balaban J connectivity index is 1.10. The van der Waals surface area contributed by atoms with Crippen LogP contribution in [0.3, 0.4) is 0 Å². The number of likely N-dealkylation sites (tertiary alicyclic amines) is 2. The van der Waals surface area contributed by atoms with Crippen molar-refractivity contribution in [2.75, 3.05) is 27.3 Å². The average Bonchev–Trinajstić information content (AvgIpc) is 4.04. The summed E-state index contributed by atoms with van der Waals surface area (Å²) in [5, 5.41) is 5.14. The van der Waals surface area contributed by atoms with Gasteiger partial charge in [0.25, 0.3) is 5.92 Å². The van der Waals surface area contributed by atoms with Crippen molar-refractivity contribution in [3.05, 3.63) is 83.7 Å². The van der Waals surface area contributed by atoms with Crippen LogP contribution in [0.5, 0.6) is 0 Å². The largest absolute Gasteiger partial charge is 0.453 e. The van der Waals surface area contributed by atoms with Crippen LogP contribution in [0.2, 0.25) is 0 Å². The van der Waals surface area contributed by atoms with Crippen molar-refractivity contribution in [2.45, 2.75) is 77.0 Å². The molecule has 4 N–H and O–H groups in total. The second-order valence-corrected chi connectivity index (χ2v) is 15.2. The zero-order valence-corrected chi connectivity index (χ0v) is 33.3. The molecule has 306 valence electrons. The van der Waals surface area contributed by atoms with Gasteiger partial charge in [-0.15, -0.1) is 0 Å². The normalized spacial score (nSPS) is 18.4. The fourth-order valence-corrected chi connectivity index (χ4v) is 7.28. The maximum Gasteiger partial charge on any atom is 0.407 e. The number of hydrogen-bond acceptors (Lipinski definition) is 8. The first-order chi connectivity index (χ1) is 27.7. The Morgan fingerprint density at radius 2 is 1.19 bits per heavy atom. The number of nitrogens with one attached hydrogen (secondary N) is 4. The number of alkyl carbamates (subject to hydrolysis) is 2. The second-order valence-electron chi connectivity index (χ2n) is 15.2. The van der Waals surface area contributed by atoms with E-state index in [1.807, 2.05) is 62.4 Å². The highest BCUT2D eigenvalue weighted by molar-refractivity contribution is 5.87. The van der Waals surface area contributed by atoms with Gasteiger partial charge in [0.2, 0.25) is 11.8 Å². The Labute approximate surface area is 335 Å². The van der Waals surface area contributed by atoms with E-state index in [0.717, 1.165) is 45.7 Å². The minimum Gasteiger partial charge on any atom is -0.453 e. The number of amides is 4. The van der Waals surface area contributed by atoms with E-state index < -0.39 is 55.1 Å². The summed E-state index contributed by atoms with van der Waals surface area (Å²) in [4.78, 5) is 69.1. The Hall–Kier alpha value is -6.24. The Morgan fingerprint density at radius 1 is 0.741 bits per heavy atom. The average molecular weight is 799 g/mol. The third-order valence-corrected chi connectivity index (χ3v) is 10.4. The fraction of sp³-hybridized carbons (Fsp3) is 0.429. The molecule has 4 aromatic rings. The number of halogens is 2. The van der Waals surface area contributed by atoms with Crippen LogP contribution in [0.25, 0.3) is 22.5 Å². The van der Waals surface area contributed by atoms with Crippen molar-refractivity contribution in [1.29, 1.82) is 0 Å². The Kier molecular flexibility index (Phi) is 12.5. The highest BCUT2D eigenvalue weighted by Crippen LogP contribution is 2.41. The first-order valence-corrected chi connectivity index (χ1v) is 19.2. The van der Waals surface area contributed by atoms with Crippen LogP contribution in [0.1, 0.15) is 81.8 Å². The van der Waals surface area contributed by atoms with E-state index in [1.54, 1.807) is 31.1 Å². The summed E-state index contributed by atoms with van der Waals surface area (Å²) in [5.41, 5.74) is 4.60. The highest BCUT2D eigenvalue weighted by Gasteiger charge is 2.50. The summed E-state index contributed by atoms with van der Waals surface area (Å²) in [6.07, 6.45) is 2.79. The molecule has 4 amide bonds. The van der Waals surface area contributed by atoms with Gasteiger partial charge in [-0.25, -0.2) is 28.3 Å². The van der Waals surface area contributed by atoms with Crippen molar-refractivity contribution in [2.24, 2.45) is 11.8 Å². The maximum absolute atomic E-state index is 14.7. The number of alkyl halides is 2. The van der Waals surface area contributed by atoms with E-state index in [2.05, 4.69) is 47.1 Å². The quantitative estimate of drug-likeness (QED) is 0.137. The number of H-pyrrole nitrogens is 2. The van der Waals surface area contributed by atoms with Crippen LogP contribution >= 0.6 is 0 Å². The Bertz CT molecular complexity index is 2170. The molecule has 0 bridgehead atoms. The van der Waals surface area contributed by atoms with Gasteiger partial charge >= 0.3 is 12.2 Å². The monoisotopic (exact) mass is 798 g/mol. The predicted octanol–water partition coefficient (Wildman–Crippen LogP) is 6.20. The van der Waals surface area contributed by atoms with Gasteiger partial charge in [0, 0.05) is 24.1 Å². The first kappa shape index (κ1) is 41.4. The number of hydrogen-bond donors (Lipinski definition) is 4. The number of nitrogens with zero attached hydrogens (tertiary/aromatic N) is 4. The molecule has 2 aliphatic heterocycles. The second kappa shape index (κ2) is 17.5. The molecular formula is C42H48F2N8O6. The van der Waals surface area contributed by atoms with Gasteiger partial charge in [-0.1, -0.05) is 63.8 Å². The number of ether oxygens (including phenoxy) is 2. The molecule has 6 rings (SSSR count). The van der Waals surface area contributed by atoms with Crippen LogP contribution < -0.4 is 10.6 Å². The number of rotatable bonds is 10. The van der Waals surface area contributed by atoms with Gasteiger partial charge in [0.05, 0.1) is 56.6 Å². The van der Waals surface area contributed by atoms with Crippen LogP contribution in [0.4, 0.5) is 18.4 Å². The Morgan fingerprint density at radius 3 is 1.64 bits per heavy atom. The topological polar surface area (TPSA) is 175 Å². The third kappa shape index (κ3) is 9.30. The molecule has 58 heavy (non-hydrogen) atoms. The van der Waals surface area contributed by atoms with E-state index in [9.17, 15) is 28.0 Å². The number of methoxy groups -OCH3 is 2. The van der Waals surface area contributed by atoms with Crippen LogP contribution in [0.15, 0.2) is 60.9 Å². The molecule has 0 unspecified atom stereocenters. The molecule has 4 atom stereocenters. The highest BCUT2D eigenvalue weighted by atomic mass is 19.3.